The average molecular weight is 427 g/mol. The maximum atomic E-state index is 13.5. The SMILES string of the molecule is CC1(C)CCC2=C(C1)c1ccccc1/C(=N/[C@@H](Cc1c[nH]c3ccccc13)C(=O)O)C2=O. The normalized spacial score (nSPS) is 19.7. The second-order valence-corrected chi connectivity index (χ2v) is 9.57. The topological polar surface area (TPSA) is 82.5 Å². The number of fused-ring (bicyclic) bond motifs is 3. The predicted octanol–water partition coefficient (Wildman–Crippen LogP) is 5.20. The van der Waals surface area contributed by atoms with E-state index in [2.05, 4.69) is 23.8 Å². The highest BCUT2D eigenvalue weighted by atomic mass is 16.4. The molecule has 0 amide bonds. The van der Waals surface area contributed by atoms with Gasteiger partial charge in [-0.2, -0.15) is 0 Å². The number of carbonyl (C=O) groups is 2. The number of allylic oxidation sites excluding steroid dienone is 2. The molecule has 1 heterocycles. The molecule has 2 N–H and O–H groups in total. The Hall–Kier alpha value is -3.47. The number of aliphatic imine (C=N–C) groups is 1. The lowest BCUT2D eigenvalue weighted by atomic mass is 9.68. The molecule has 2 aromatic carbocycles. The highest BCUT2D eigenvalue weighted by Gasteiger charge is 2.37. The number of aromatic nitrogens is 1. The molecule has 3 aromatic rings. The molecule has 0 unspecified atom stereocenters. The number of nitrogens with one attached hydrogen (secondary N) is 1. The molecule has 32 heavy (non-hydrogen) atoms. The summed E-state index contributed by atoms with van der Waals surface area (Å²) in [6, 6.07) is 14.5. The third kappa shape index (κ3) is 3.48. The van der Waals surface area contributed by atoms with Crippen LogP contribution in [0.2, 0.25) is 0 Å². The fraction of sp³-hybridized carbons (Fsp3) is 0.296. The highest BCUT2D eigenvalue weighted by molar-refractivity contribution is 6.54. The molecule has 0 bridgehead atoms. The fourth-order valence-corrected chi connectivity index (χ4v) is 5.00. The molecule has 1 aromatic heterocycles. The van der Waals surface area contributed by atoms with Gasteiger partial charge in [0.25, 0.3) is 0 Å². The molecule has 0 aliphatic heterocycles. The summed E-state index contributed by atoms with van der Waals surface area (Å²) in [4.78, 5) is 33.5. The van der Waals surface area contributed by atoms with E-state index in [9.17, 15) is 14.7 Å². The van der Waals surface area contributed by atoms with Gasteiger partial charge in [0.05, 0.1) is 0 Å². The van der Waals surface area contributed by atoms with Crippen molar-refractivity contribution in [2.75, 3.05) is 0 Å². The van der Waals surface area contributed by atoms with Crippen molar-refractivity contribution in [3.05, 3.63) is 77.0 Å². The van der Waals surface area contributed by atoms with Gasteiger partial charge < -0.3 is 10.1 Å². The molecule has 162 valence electrons. The number of para-hydroxylation sites is 1. The Kier molecular flexibility index (Phi) is 4.85. The zero-order chi connectivity index (χ0) is 22.5. The Morgan fingerprint density at radius 1 is 1.09 bits per heavy atom. The number of nitrogens with zero attached hydrogens (tertiary/aromatic N) is 1. The number of carboxylic acid groups (broad SMARTS) is 1. The number of benzene rings is 2. The van der Waals surface area contributed by atoms with E-state index < -0.39 is 12.0 Å². The molecule has 2 aliphatic rings. The molecule has 0 saturated carbocycles. The number of rotatable bonds is 4. The Bertz CT molecular complexity index is 1310. The third-order valence-corrected chi connectivity index (χ3v) is 6.73. The number of carboxylic acids is 1. The molecular weight excluding hydrogens is 400 g/mol. The van der Waals surface area contributed by atoms with Crippen LogP contribution < -0.4 is 0 Å². The third-order valence-electron chi connectivity index (χ3n) is 6.73. The van der Waals surface area contributed by atoms with Crippen molar-refractivity contribution in [2.24, 2.45) is 10.4 Å². The maximum Gasteiger partial charge on any atom is 0.328 e. The van der Waals surface area contributed by atoms with Crippen molar-refractivity contribution in [1.29, 1.82) is 0 Å². The van der Waals surface area contributed by atoms with Gasteiger partial charge in [-0.25, -0.2) is 4.79 Å². The first-order valence-electron chi connectivity index (χ1n) is 11.1. The monoisotopic (exact) mass is 426 g/mol. The van der Waals surface area contributed by atoms with E-state index in [1.54, 1.807) is 0 Å². The van der Waals surface area contributed by atoms with Crippen LogP contribution in [0, 0.1) is 5.41 Å². The predicted molar refractivity (Wildman–Crippen MR) is 126 cm³/mol. The standard InChI is InChI=1S/C27H26N2O3/c1-27(2)12-11-20-21(14-27)18-8-3-4-9-19(18)24(25(20)30)29-23(26(31)32)13-16-15-28-22-10-6-5-7-17(16)22/h3-10,15,23,28H,11-14H2,1-2H3,(H,31,32)/b29-24-/t23-/m0/s1. The van der Waals surface area contributed by atoms with E-state index in [0.717, 1.165) is 51.6 Å². The highest BCUT2D eigenvalue weighted by Crippen LogP contribution is 2.46. The second-order valence-electron chi connectivity index (χ2n) is 9.57. The first-order chi connectivity index (χ1) is 15.3. The van der Waals surface area contributed by atoms with E-state index in [1.165, 1.54) is 0 Å². The van der Waals surface area contributed by atoms with Gasteiger partial charge in [-0.3, -0.25) is 9.79 Å². The molecule has 5 heteroatoms. The van der Waals surface area contributed by atoms with Gasteiger partial charge in [-0.05, 0) is 47.4 Å². The zero-order valence-corrected chi connectivity index (χ0v) is 18.3. The van der Waals surface area contributed by atoms with E-state index in [4.69, 9.17) is 0 Å². The Balaban J connectivity index is 1.58. The van der Waals surface area contributed by atoms with Crippen molar-refractivity contribution in [3.8, 4) is 0 Å². The molecule has 0 fully saturated rings. The number of hydrogen-bond acceptors (Lipinski definition) is 3. The van der Waals surface area contributed by atoms with Crippen molar-refractivity contribution < 1.29 is 14.7 Å². The summed E-state index contributed by atoms with van der Waals surface area (Å²) in [7, 11) is 0. The summed E-state index contributed by atoms with van der Waals surface area (Å²) >= 11 is 0. The molecule has 0 spiro atoms. The summed E-state index contributed by atoms with van der Waals surface area (Å²) in [5, 5.41) is 10.9. The molecule has 0 radical (unpaired) electrons. The maximum absolute atomic E-state index is 13.5. The molecule has 2 aliphatic carbocycles. The van der Waals surface area contributed by atoms with Crippen LogP contribution in [0.25, 0.3) is 16.5 Å². The zero-order valence-electron chi connectivity index (χ0n) is 18.3. The molecule has 1 atom stereocenters. The fourth-order valence-electron chi connectivity index (χ4n) is 5.00. The van der Waals surface area contributed by atoms with E-state index in [-0.39, 0.29) is 23.3 Å². The minimum absolute atomic E-state index is 0.112. The quantitative estimate of drug-likeness (QED) is 0.602. The van der Waals surface area contributed by atoms with Gasteiger partial charge in [-0.1, -0.05) is 56.3 Å². The number of carbonyl (C=O) groups excluding carboxylic acids is 1. The minimum Gasteiger partial charge on any atom is -0.480 e. The van der Waals surface area contributed by atoms with Gasteiger partial charge >= 0.3 is 5.97 Å². The van der Waals surface area contributed by atoms with Crippen molar-refractivity contribution in [3.63, 3.8) is 0 Å². The lowest BCUT2D eigenvalue weighted by molar-refractivity contribution is -0.138. The van der Waals surface area contributed by atoms with Crippen LogP contribution in [0.1, 0.15) is 49.8 Å². The Morgan fingerprint density at radius 2 is 1.81 bits per heavy atom. The largest absolute Gasteiger partial charge is 0.480 e. The van der Waals surface area contributed by atoms with Crippen LogP contribution >= 0.6 is 0 Å². The summed E-state index contributed by atoms with van der Waals surface area (Å²) < 4.78 is 0. The van der Waals surface area contributed by atoms with E-state index in [0.29, 0.717) is 6.42 Å². The van der Waals surface area contributed by atoms with Crippen molar-refractivity contribution in [1.82, 2.24) is 4.98 Å². The molecular formula is C27H26N2O3. The minimum atomic E-state index is -1.04. The van der Waals surface area contributed by atoms with Gasteiger partial charge in [0.15, 0.2) is 6.04 Å². The van der Waals surface area contributed by atoms with Crippen LogP contribution in [-0.2, 0) is 16.0 Å². The van der Waals surface area contributed by atoms with Gasteiger partial charge in [0.1, 0.15) is 5.71 Å². The van der Waals surface area contributed by atoms with Crippen LogP contribution in [0.3, 0.4) is 0 Å². The van der Waals surface area contributed by atoms with E-state index >= 15 is 0 Å². The Morgan fingerprint density at radius 3 is 2.59 bits per heavy atom. The number of ketones is 1. The number of hydrogen-bond donors (Lipinski definition) is 2. The first-order valence-corrected chi connectivity index (χ1v) is 11.1. The summed E-state index contributed by atoms with van der Waals surface area (Å²) in [6.07, 6.45) is 4.54. The number of aliphatic carboxylic acids is 1. The van der Waals surface area contributed by atoms with Gasteiger partial charge in [0, 0.05) is 34.7 Å². The Labute approximate surface area is 186 Å². The smallest absolute Gasteiger partial charge is 0.328 e. The van der Waals surface area contributed by atoms with E-state index in [1.807, 2.05) is 54.7 Å². The van der Waals surface area contributed by atoms with Gasteiger partial charge in [0.2, 0.25) is 5.78 Å². The summed E-state index contributed by atoms with van der Waals surface area (Å²) in [5.74, 6) is -1.14. The lowest BCUT2D eigenvalue weighted by Crippen LogP contribution is -2.32. The van der Waals surface area contributed by atoms with Gasteiger partial charge in [-0.15, -0.1) is 0 Å². The van der Waals surface area contributed by atoms with Crippen LogP contribution in [0.4, 0.5) is 0 Å². The van der Waals surface area contributed by atoms with Crippen LogP contribution in [0.15, 0.2) is 65.3 Å². The van der Waals surface area contributed by atoms with Crippen LogP contribution in [-0.4, -0.2) is 33.6 Å². The molecule has 5 nitrogen and oxygen atoms in total. The second kappa shape index (κ2) is 7.59. The van der Waals surface area contributed by atoms with Crippen molar-refractivity contribution in [2.45, 2.75) is 45.6 Å². The number of H-pyrrole nitrogens is 1. The number of Topliss-reactive ketones (excluding diaryl/α,β-unsaturated/α-hetero) is 1. The van der Waals surface area contributed by atoms with Crippen molar-refractivity contribution >= 4 is 33.9 Å². The average Bonchev–Trinajstić information content (AvgIpc) is 3.18. The first kappa shape index (κ1) is 20.4. The summed E-state index contributed by atoms with van der Waals surface area (Å²) in [5.41, 5.74) is 5.93. The van der Waals surface area contributed by atoms with Crippen LogP contribution in [0.5, 0.6) is 0 Å². The summed E-state index contributed by atoms with van der Waals surface area (Å²) in [6.45, 7) is 4.46. The lowest BCUT2D eigenvalue weighted by Gasteiger charge is -2.36. The molecule has 0 saturated heterocycles. The molecule has 5 rings (SSSR count). The number of aromatic amines is 1.